The van der Waals surface area contributed by atoms with Crippen LogP contribution in [0.1, 0.15) is 182 Å². The molecule has 2 unspecified atom stereocenters. The minimum atomic E-state index is 0.103. The summed E-state index contributed by atoms with van der Waals surface area (Å²) in [5, 5.41) is 0. The third kappa shape index (κ3) is 22.0. The number of unbranched alkanes of at least 4 members (excludes halogenated alkanes) is 17. The summed E-state index contributed by atoms with van der Waals surface area (Å²) in [5.74, 6) is 0.787. The van der Waals surface area contributed by atoms with E-state index in [0.29, 0.717) is 12.5 Å². The second kappa shape index (κ2) is 27.1. The van der Waals surface area contributed by atoms with E-state index in [2.05, 4.69) is 27.7 Å². The van der Waals surface area contributed by atoms with E-state index in [1.807, 2.05) is 0 Å². The highest BCUT2D eigenvalue weighted by molar-refractivity contribution is 5.72. The van der Waals surface area contributed by atoms with Crippen molar-refractivity contribution in [2.75, 3.05) is 6.61 Å². The maximum atomic E-state index is 12.9. The van der Waals surface area contributed by atoms with Crippen LogP contribution in [-0.4, -0.2) is 12.6 Å². The lowest BCUT2D eigenvalue weighted by Gasteiger charge is -2.19. The molecule has 0 aromatic heterocycles. The van der Waals surface area contributed by atoms with Crippen LogP contribution in [0.3, 0.4) is 0 Å². The predicted octanol–water partition coefficient (Wildman–Crippen LogP) is 11.2. The Labute approximate surface area is 215 Å². The summed E-state index contributed by atoms with van der Waals surface area (Å²) in [6, 6.07) is 0. The van der Waals surface area contributed by atoms with E-state index in [1.165, 1.54) is 135 Å². The molecule has 0 N–H and O–H groups in total. The van der Waals surface area contributed by atoms with E-state index >= 15 is 0 Å². The third-order valence-electron chi connectivity index (χ3n) is 7.65. The van der Waals surface area contributed by atoms with Gasteiger partial charge in [0, 0.05) is 0 Å². The molecular weight excluding hydrogens is 416 g/mol. The van der Waals surface area contributed by atoms with Crippen LogP contribution in [-0.2, 0) is 9.53 Å². The lowest BCUT2D eigenvalue weighted by Crippen LogP contribution is -2.21. The second-order valence-electron chi connectivity index (χ2n) is 11.0. The topological polar surface area (TPSA) is 26.3 Å². The smallest absolute Gasteiger partial charge is 0.308 e. The van der Waals surface area contributed by atoms with E-state index in [4.69, 9.17) is 4.74 Å². The molecule has 34 heavy (non-hydrogen) atoms. The van der Waals surface area contributed by atoms with Crippen LogP contribution < -0.4 is 0 Å². The first-order valence-corrected chi connectivity index (χ1v) is 15.9. The van der Waals surface area contributed by atoms with Crippen LogP contribution in [0.25, 0.3) is 0 Å². The Hall–Kier alpha value is -0.530. The summed E-state index contributed by atoms with van der Waals surface area (Å²) in [6.07, 6.45) is 31.1. The zero-order chi connectivity index (χ0) is 25.1. The van der Waals surface area contributed by atoms with Crippen molar-refractivity contribution in [2.24, 2.45) is 11.8 Å². The Balaban J connectivity index is 4.12. The van der Waals surface area contributed by atoms with Gasteiger partial charge in [0.25, 0.3) is 0 Å². The van der Waals surface area contributed by atoms with Crippen LogP contribution in [0.4, 0.5) is 0 Å². The first-order valence-electron chi connectivity index (χ1n) is 15.9. The number of carbonyl (C=O) groups excluding carboxylic acids is 1. The van der Waals surface area contributed by atoms with Crippen LogP contribution in [0, 0.1) is 11.8 Å². The lowest BCUT2D eigenvalue weighted by atomic mass is 9.94. The molecule has 0 heterocycles. The van der Waals surface area contributed by atoms with Gasteiger partial charge in [-0.15, -0.1) is 0 Å². The Morgan fingerprint density at radius 1 is 0.500 bits per heavy atom. The van der Waals surface area contributed by atoms with Gasteiger partial charge in [-0.05, 0) is 25.2 Å². The van der Waals surface area contributed by atoms with Crippen molar-refractivity contribution in [1.82, 2.24) is 0 Å². The molecule has 0 rings (SSSR count). The SMILES string of the molecule is CCCCCCCCCCCCCCC(CCCCCCCC)C(=O)OCC(CC)CCCC. The van der Waals surface area contributed by atoms with Crippen molar-refractivity contribution in [1.29, 1.82) is 0 Å². The molecule has 0 aliphatic rings. The molecule has 0 bridgehead atoms. The molecule has 0 aliphatic heterocycles. The van der Waals surface area contributed by atoms with Gasteiger partial charge in [-0.3, -0.25) is 4.79 Å². The lowest BCUT2D eigenvalue weighted by molar-refractivity contribution is -0.150. The van der Waals surface area contributed by atoms with Gasteiger partial charge in [0.15, 0.2) is 0 Å². The third-order valence-corrected chi connectivity index (χ3v) is 7.65. The largest absolute Gasteiger partial charge is 0.465 e. The van der Waals surface area contributed by atoms with Gasteiger partial charge in [0.05, 0.1) is 12.5 Å². The highest BCUT2D eigenvalue weighted by Crippen LogP contribution is 2.22. The molecule has 0 amide bonds. The van der Waals surface area contributed by atoms with Gasteiger partial charge in [-0.1, -0.05) is 163 Å². The fourth-order valence-corrected chi connectivity index (χ4v) is 5.00. The van der Waals surface area contributed by atoms with Crippen molar-refractivity contribution >= 4 is 5.97 Å². The van der Waals surface area contributed by atoms with Gasteiger partial charge in [-0.2, -0.15) is 0 Å². The molecule has 2 heteroatoms. The molecule has 0 saturated heterocycles. The molecular formula is C32H64O2. The van der Waals surface area contributed by atoms with Crippen LogP contribution >= 0.6 is 0 Å². The van der Waals surface area contributed by atoms with E-state index in [1.54, 1.807) is 0 Å². The minimum absolute atomic E-state index is 0.103. The number of rotatable bonds is 27. The fraction of sp³-hybridized carbons (Fsp3) is 0.969. The minimum Gasteiger partial charge on any atom is -0.465 e. The molecule has 0 fully saturated rings. The molecule has 0 aromatic rings. The molecule has 0 spiro atoms. The molecule has 2 nitrogen and oxygen atoms in total. The summed E-state index contributed by atoms with van der Waals surface area (Å²) >= 11 is 0. The van der Waals surface area contributed by atoms with E-state index < -0.39 is 0 Å². The van der Waals surface area contributed by atoms with Gasteiger partial charge in [0.1, 0.15) is 0 Å². The number of hydrogen-bond acceptors (Lipinski definition) is 2. The van der Waals surface area contributed by atoms with E-state index in [0.717, 1.165) is 19.3 Å². The normalized spacial score (nSPS) is 13.2. The molecule has 0 radical (unpaired) electrons. The summed E-state index contributed by atoms with van der Waals surface area (Å²) in [7, 11) is 0. The standard InChI is InChI=1S/C32H64O2/c1-5-9-12-14-16-17-18-19-20-21-23-25-28-31(27-24-22-15-13-10-6-2)32(33)34-29-30(8-4)26-11-7-3/h30-31H,5-29H2,1-4H3. The first kappa shape index (κ1) is 33.5. The summed E-state index contributed by atoms with van der Waals surface area (Å²) in [5.41, 5.74) is 0. The first-order chi connectivity index (χ1) is 16.7. The predicted molar refractivity (Wildman–Crippen MR) is 151 cm³/mol. The summed E-state index contributed by atoms with van der Waals surface area (Å²) in [4.78, 5) is 12.9. The van der Waals surface area contributed by atoms with E-state index in [-0.39, 0.29) is 11.9 Å². The Morgan fingerprint density at radius 3 is 1.26 bits per heavy atom. The zero-order valence-electron chi connectivity index (χ0n) is 24.1. The van der Waals surface area contributed by atoms with E-state index in [9.17, 15) is 4.79 Å². The monoisotopic (exact) mass is 480 g/mol. The highest BCUT2D eigenvalue weighted by Gasteiger charge is 2.20. The molecule has 204 valence electrons. The zero-order valence-corrected chi connectivity index (χ0v) is 24.1. The number of esters is 1. The highest BCUT2D eigenvalue weighted by atomic mass is 16.5. The number of hydrogen-bond donors (Lipinski definition) is 0. The number of ether oxygens (including phenoxy) is 1. The van der Waals surface area contributed by atoms with Crippen molar-refractivity contribution in [3.05, 3.63) is 0 Å². The average Bonchev–Trinajstić information content (AvgIpc) is 2.85. The van der Waals surface area contributed by atoms with Crippen molar-refractivity contribution in [3.8, 4) is 0 Å². The molecule has 2 atom stereocenters. The summed E-state index contributed by atoms with van der Waals surface area (Å²) < 4.78 is 5.87. The van der Waals surface area contributed by atoms with Crippen LogP contribution in [0.2, 0.25) is 0 Å². The Morgan fingerprint density at radius 2 is 0.882 bits per heavy atom. The molecule has 0 saturated carbocycles. The van der Waals surface area contributed by atoms with Crippen LogP contribution in [0.5, 0.6) is 0 Å². The van der Waals surface area contributed by atoms with Crippen molar-refractivity contribution in [2.45, 2.75) is 182 Å². The van der Waals surface area contributed by atoms with Crippen molar-refractivity contribution < 1.29 is 9.53 Å². The Bertz CT molecular complexity index is 406. The average molecular weight is 481 g/mol. The number of carbonyl (C=O) groups is 1. The maximum absolute atomic E-state index is 12.9. The van der Waals surface area contributed by atoms with Gasteiger partial charge >= 0.3 is 5.97 Å². The molecule has 0 aliphatic carbocycles. The molecule has 0 aromatic carbocycles. The van der Waals surface area contributed by atoms with Gasteiger partial charge in [0.2, 0.25) is 0 Å². The fourth-order valence-electron chi connectivity index (χ4n) is 5.00. The van der Waals surface area contributed by atoms with Crippen molar-refractivity contribution in [3.63, 3.8) is 0 Å². The van der Waals surface area contributed by atoms with Gasteiger partial charge < -0.3 is 4.74 Å². The quantitative estimate of drug-likeness (QED) is 0.0862. The van der Waals surface area contributed by atoms with Crippen LogP contribution in [0.15, 0.2) is 0 Å². The van der Waals surface area contributed by atoms with Gasteiger partial charge in [-0.25, -0.2) is 0 Å². The summed E-state index contributed by atoms with van der Waals surface area (Å²) in [6.45, 7) is 9.67. The maximum Gasteiger partial charge on any atom is 0.308 e. The second-order valence-corrected chi connectivity index (χ2v) is 11.0. The Kier molecular flexibility index (Phi) is 26.6.